The molecule has 0 aliphatic heterocycles. The molecule has 62 valence electrons. The van der Waals surface area contributed by atoms with E-state index in [2.05, 4.69) is 41.8 Å². The fourth-order valence-corrected chi connectivity index (χ4v) is 2.75. The first-order valence-corrected chi connectivity index (χ1v) is 6.32. The van der Waals surface area contributed by atoms with Gasteiger partial charge >= 0.3 is 0 Å². The van der Waals surface area contributed by atoms with E-state index in [1.165, 1.54) is 0 Å². The second-order valence-electron chi connectivity index (χ2n) is 1.97. The maximum absolute atomic E-state index is 4.25. The molecule has 0 amide bonds. The van der Waals surface area contributed by atoms with Gasteiger partial charge in [0.2, 0.25) is 0 Å². The minimum absolute atomic E-state index is 0.890. The van der Waals surface area contributed by atoms with Crippen molar-refractivity contribution in [2.75, 3.05) is 0 Å². The standard InChI is InChI=1S/C6H2Br2N2S2/c7-5-9-3(1-11-5)4-2-12-6(8)10-4/h1-2H. The molecule has 0 N–H and O–H groups in total. The predicted octanol–water partition coefficient (Wildman–Crippen LogP) is 3.79. The third-order valence-corrected chi connectivity index (χ3v) is 3.94. The molecule has 0 aliphatic rings. The van der Waals surface area contributed by atoms with Crippen molar-refractivity contribution in [3.63, 3.8) is 0 Å². The van der Waals surface area contributed by atoms with Crippen LogP contribution < -0.4 is 0 Å². The second kappa shape index (κ2) is 3.53. The summed E-state index contributed by atoms with van der Waals surface area (Å²) in [5, 5.41) is 3.96. The van der Waals surface area contributed by atoms with Crippen LogP contribution in [0.25, 0.3) is 11.4 Å². The maximum atomic E-state index is 4.25. The molecule has 0 bridgehead atoms. The Balaban J connectivity index is 2.43. The van der Waals surface area contributed by atoms with Crippen LogP contribution in [0.1, 0.15) is 0 Å². The van der Waals surface area contributed by atoms with Crippen molar-refractivity contribution in [1.82, 2.24) is 9.97 Å². The zero-order valence-corrected chi connectivity index (χ0v) is 10.4. The summed E-state index contributed by atoms with van der Waals surface area (Å²) in [7, 11) is 0. The minimum atomic E-state index is 0.890. The highest BCUT2D eigenvalue weighted by Gasteiger charge is 2.05. The average molecular weight is 326 g/mol. The Morgan fingerprint density at radius 2 is 1.33 bits per heavy atom. The van der Waals surface area contributed by atoms with Crippen molar-refractivity contribution in [3.8, 4) is 11.4 Å². The van der Waals surface area contributed by atoms with E-state index in [1.807, 2.05) is 10.8 Å². The van der Waals surface area contributed by atoms with Gasteiger partial charge in [0.05, 0.1) is 0 Å². The van der Waals surface area contributed by atoms with Crippen LogP contribution in [0.2, 0.25) is 0 Å². The molecule has 0 unspecified atom stereocenters. The Kier molecular flexibility index (Phi) is 2.59. The van der Waals surface area contributed by atoms with Gasteiger partial charge in [-0.2, -0.15) is 0 Å². The predicted molar refractivity (Wildman–Crippen MR) is 58.6 cm³/mol. The van der Waals surface area contributed by atoms with E-state index < -0.39 is 0 Å². The average Bonchev–Trinajstić information content (AvgIpc) is 2.58. The Morgan fingerprint density at radius 1 is 0.917 bits per heavy atom. The zero-order valence-electron chi connectivity index (χ0n) is 5.62. The maximum Gasteiger partial charge on any atom is 0.159 e. The highest BCUT2D eigenvalue weighted by molar-refractivity contribution is 9.11. The van der Waals surface area contributed by atoms with Crippen LogP contribution in [-0.4, -0.2) is 9.97 Å². The molecule has 6 heteroatoms. The number of rotatable bonds is 1. The summed E-state index contributed by atoms with van der Waals surface area (Å²) < 4.78 is 1.78. The van der Waals surface area contributed by atoms with E-state index in [0.29, 0.717) is 0 Å². The summed E-state index contributed by atoms with van der Waals surface area (Å²) >= 11 is 9.74. The molecule has 2 nitrogen and oxygen atoms in total. The summed E-state index contributed by atoms with van der Waals surface area (Å²) in [5.74, 6) is 0. The van der Waals surface area contributed by atoms with Crippen molar-refractivity contribution in [1.29, 1.82) is 0 Å². The largest absolute Gasteiger partial charge is 0.227 e. The molecule has 2 aromatic heterocycles. The lowest BCUT2D eigenvalue weighted by Crippen LogP contribution is -1.75. The summed E-state index contributed by atoms with van der Waals surface area (Å²) in [6, 6.07) is 0. The molecule has 0 aromatic carbocycles. The summed E-state index contributed by atoms with van der Waals surface area (Å²) in [4.78, 5) is 8.51. The lowest BCUT2D eigenvalue weighted by atomic mass is 10.4. The van der Waals surface area contributed by atoms with Gasteiger partial charge < -0.3 is 0 Å². The minimum Gasteiger partial charge on any atom is -0.227 e. The molecule has 0 aliphatic carbocycles. The van der Waals surface area contributed by atoms with Gasteiger partial charge in [0.15, 0.2) is 7.83 Å². The summed E-state index contributed by atoms with van der Waals surface area (Å²) in [5.41, 5.74) is 1.85. The number of hydrogen-bond acceptors (Lipinski definition) is 4. The number of nitrogens with zero attached hydrogens (tertiary/aromatic N) is 2. The normalized spacial score (nSPS) is 10.5. The van der Waals surface area contributed by atoms with E-state index in [9.17, 15) is 0 Å². The highest BCUT2D eigenvalue weighted by atomic mass is 79.9. The second-order valence-corrected chi connectivity index (χ2v) is 6.24. The van der Waals surface area contributed by atoms with Gasteiger partial charge in [-0.1, -0.05) is 0 Å². The first kappa shape index (κ1) is 8.80. The van der Waals surface area contributed by atoms with Crippen molar-refractivity contribution < 1.29 is 0 Å². The third-order valence-electron chi connectivity index (χ3n) is 1.21. The molecule has 2 aromatic rings. The van der Waals surface area contributed by atoms with Crippen LogP contribution in [0.3, 0.4) is 0 Å². The molecule has 0 atom stereocenters. The summed E-state index contributed by atoms with van der Waals surface area (Å²) in [6.07, 6.45) is 0. The van der Waals surface area contributed by atoms with Crippen molar-refractivity contribution in [3.05, 3.63) is 18.6 Å². The van der Waals surface area contributed by atoms with E-state index in [1.54, 1.807) is 22.7 Å². The molecule has 2 rings (SSSR count). The van der Waals surface area contributed by atoms with Crippen LogP contribution in [-0.2, 0) is 0 Å². The molecule has 0 fully saturated rings. The molecule has 0 saturated carbocycles. The smallest absolute Gasteiger partial charge is 0.159 e. The number of halogens is 2. The Hall–Kier alpha value is 0.220. The van der Waals surface area contributed by atoms with Gasteiger partial charge in [-0.15, -0.1) is 22.7 Å². The molecule has 0 saturated heterocycles. The van der Waals surface area contributed by atoms with Crippen LogP contribution in [0.4, 0.5) is 0 Å². The Bertz CT molecular complexity index is 357. The molecule has 12 heavy (non-hydrogen) atoms. The van der Waals surface area contributed by atoms with E-state index in [4.69, 9.17) is 0 Å². The lowest BCUT2D eigenvalue weighted by Gasteiger charge is -1.84. The van der Waals surface area contributed by atoms with Crippen LogP contribution in [0, 0.1) is 0 Å². The third kappa shape index (κ3) is 1.76. The van der Waals surface area contributed by atoms with Crippen molar-refractivity contribution >= 4 is 54.5 Å². The monoisotopic (exact) mass is 324 g/mol. The lowest BCUT2D eigenvalue weighted by molar-refractivity contribution is 1.30. The van der Waals surface area contributed by atoms with E-state index >= 15 is 0 Å². The van der Waals surface area contributed by atoms with Gasteiger partial charge in [-0.25, -0.2) is 9.97 Å². The molecular formula is C6H2Br2N2S2. The van der Waals surface area contributed by atoms with E-state index in [-0.39, 0.29) is 0 Å². The van der Waals surface area contributed by atoms with Gasteiger partial charge in [0.25, 0.3) is 0 Å². The quantitative estimate of drug-likeness (QED) is 0.797. The molecule has 0 spiro atoms. The first-order chi connectivity index (χ1) is 5.75. The highest BCUT2D eigenvalue weighted by Crippen LogP contribution is 2.27. The Morgan fingerprint density at radius 3 is 1.58 bits per heavy atom. The van der Waals surface area contributed by atoms with Gasteiger partial charge in [-0.3, -0.25) is 0 Å². The van der Waals surface area contributed by atoms with Crippen LogP contribution in [0.5, 0.6) is 0 Å². The van der Waals surface area contributed by atoms with Crippen LogP contribution >= 0.6 is 54.5 Å². The number of thiazole rings is 2. The van der Waals surface area contributed by atoms with Crippen molar-refractivity contribution in [2.45, 2.75) is 0 Å². The zero-order chi connectivity index (χ0) is 8.55. The molecule has 2 heterocycles. The fourth-order valence-electron chi connectivity index (χ4n) is 0.739. The van der Waals surface area contributed by atoms with Gasteiger partial charge in [-0.05, 0) is 31.9 Å². The molecular weight excluding hydrogens is 324 g/mol. The van der Waals surface area contributed by atoms with Gasteiger partial charge in [0.1, 0.15) is 11.4 Å². The Labute approximate surface area is 93.9 Å². The first-order valence-electron chi connectivity index (χ1n) is 2.98. The van der Waals surface area contributed by atoms with Crippen molar-refractivity contribution in [2.24, 2.45) is 0 Å². The van der Waals surface area contributed by atoms with Gasteiger partial charge in [0, 0.05) is 10.8 Å². The number of hydrogen-bond donors (Lipinski definition) is 0. The number of aromatic nitrogens is 2. The SMILES string of the molecule is Brc1nc(-c2csc(Br)n2)cs1. The van der Waals surface area contributed by atoms with E-state index in [0.717, 1.165) is 19.2 Å². The fraction of sp³-hybridized carbons (Fsp3) is 0. The topological polar surface area (TPSA) is 25.8 Å². The van der Waals surface area contributed by atoms with Crippen LogP contribution in [0.15, 0.2) is 18.6 Å². The summed E-state index contributed by atoms with van der Waals surface area (Å²) in [6.45, 7) is 0. The molecule has 0 radical (unpaired) electrons.